The zero-order chi connectivity index (χ0) is 20.0. The maximum absolute atomic E-state index is 12.9. The Bertz CT molecular complexity index is 946. The van der Waals surface area contributed by atoms with Crippen LogP contribution in [0.3, 0.4) is 0 Å². The summed E-state index contributed by atoms with van der Waals surface area (Å²) in [6.07, 6.45) is 1.48. The topological polar surface area (TPSA) is 88.4 Å². The van der Waals surface area contributed by atoms with Crippen molar-refractivity contribution in [3.63, 3.8) is 0 Å². The Kier molecular flexibility index (Phi) is 6.35. The van der Waals surface area contributed by atoms with Crippen molar-refractivity contribution in [1.82, 2.24) is 4.72 Å². The second kappa shape index (κ2) is 8.74. The molecule has 6 nitrogen and oxygen atoms in total. The molecule has 1 aliphatic rings. The minimum absolute atomic E-state index is 0.0581. The molecule has 1 aliphatic heterocycles. The molecular formula is C21H24N2O4S. The van der Waals surface area contributed by atoms with Gasteiger partial charge in [-0.25, -0.2) is 13.1 Å². The third-order valence-corrected chi connectivity index (χ3v) is 6.52. The van der Waals surface area contributed by atoms with Gasteiger partial charge in [-0.2, -0.15) is 5.26 Å². The second-order valence-electron chi connectivity index (χ2n) is 6.79. The van der Waals surface area contributed by atoms with Gasteiger partial charge in [0, 0.05) is 25.2 Å². The van der Waals surface area contributed by atoms with Gasteiger partial charge in [-0.1, -0.05) is 30.3 Å². The van der Waals surface area contributed by atoms with Gasteiger partial charge in [0.05, 0.1) is 17.1 Å². The van der Waals surface area contributed by atoms with Crippen LogP contribution in [0.1, 0.15) is 30.9 Å². The molecule has 0 atom stereocenters. The second-order valence-corrected chi connectivity index (χ2v) is 8.55. The standard InChI is InChI=1S/C21H24N2O4S/c1-2-27-20-9-8-19(14-17(20)15-22)28(24,25)23-16-21(10-12-26-13-11-21)18-6-4-3-5-7-18/h3-9,14,23H,2,10-13,16H2,1H3. The van der Waals surface area contributed by atoms with Gasteiger partial charge in [0.2, 0.25) is 10.0 Å². The van der Waals surface area contributed by atoms with E-state index in [1.165, 1.54) is 18.2 Å². The molecule has 0 aromatic heterocycles. The van der Waals surface area contributed by atoms with E-state index in [1.54, 1.807) is 0 Å². The van der Waals surface area contributed by atoms with Crippen LogP contribution >= 0.6 is 0 Å². The predicted octanol–water partition coefficient (Wildman–Crippen LogP) is 2.98. The Labute approximate surface area is 166 Å². The zero-order valence-electron chi connectivity index (χ0n) is 15.8. The maximum Gasteiger partial charge on any atom is 0.240 e. The molecule has 2 aromatic rings. The zero-order valence-corrected chi connectivity index (χ0v) is 16.7. The predicted molar refractivity (Wildman–Crippen MR) is 106 cm³/mol. The Morgan fingerprint density at radius 2 is 1.89 bits per heavy atom. The molecule has 0 spiro atoms. The lowest BCUT2D eigenvalue weighted by atomic mass is 9.74. The van der Waals surface area contributed by atoms with Gasteiger partial charge < -0.3 is 9.47 Å². The van der Waals surface area contributed by atoms with E-state index in [0.717, 1.165) is 18.4 Å². The Hall–Kier alpha value is -2.40. The number of rotatable bonds is 7. The quantitative estimate of drug-likeness (QED) is 0.772. The van der Waals surface area contributed by atoms with Crippen molar-refractivity contribution in [1.29, 1.82) is 5.26 Å². The number of benzene rings is 2. The highest BCUT2D eigenvalue weighted by atomic mass is 32.2. The summed E-state index contributed by atoms with van der Waals surface area (Å²) in [7, 11) is -3.77. The summed E-state index contributed by atoms with van der Waals surface area (Å²) in [6, 6.07) is 16.3. The van der Waals surface area contributed by atoms with E-state index in [4.69, 9.17) is 9.47 Å². The van der Waals surface area contributed by atoms with Crippen molar-refractivity contribution >= 4 is 10.0 Å². The van der Waals surface area contributed by atoms with Crippen molar-refractivity contribution in [2.75, 3.05) is 26.4 Å². The number of sulfonamides is 1. The summed E-state index contributed by atoms with van der Waals surface area (Å²) >= 11 is 0. The monoisotopic (exact) mass is 400 g/mol. The van der Waals surface area contributed by atoms with Crippen LogP contribution in [-0.4, -0.2) is 34.8 Å². The lowest BCUT2D eigenvalue weighted by molar-refractivity contribution is 0.0517. The SMILES string of the molecule is CCOc1ccc(S(=O)(=O)NCC2(c3ccccc3)CCOCC2)cc1C#N. The number of nitriles is 1. The molecule has 1 N–H and O–H groups in total. The van der Waals surface area contributed by atoms with Crippen LogP contribution in [-0.2, 0) is 20.2 Å². The fraction of sp³-hybridized carbons (Fsp3) is 0.381. The lowest BCUT2D eigenvalue weighted by Gasteiger charge is -2.37. The lowest BCUT2D eigenvalue weighted by Crippen LogP contribution is -2.44. The molecule has 1 fully saturated rings. The molecule has 2 aromatic carbocycles. The summed E-state index contributed by atoms with van der Waals surface area (Å²) in [5, 5.41) is 9.30. The number of nitrogens with zero attached hydrogens (tertiary/aromatic N) is 1. The first kappa shape index (κ1) is 20.3. The largest absolute Gasteiger partial charge is 0.492 e. The number of nitrogens with one attached hydrogen (secondary N) is 1. The van der Waals surface area contributed by atoms with Gasteiger partial charge in [-0.05, 0) is 43.5 Å². The molecule has 0 saturated carbocycles. The van der Waals surface area contributed by atoms with Crippen molar-refractivity contribution < 1.29 is 17.9 Å². The van der Waals surface area contributed by atoms with Crippen molar-refractivity contribution in [3.05, 3.63) is 59.7 Å². The van der Waals surface area contributed by atoms with E-state index in [0.29, 0.717) is 25.6 Å². The summed E-state index contributed by atoms with van der Waals surface area (Å²) in [5.74, 6) is 0.383. The minimum atomic E-state index is -3.77. The molecule has 7 heteroatoms. The third-order valence-electron chi connectivity index (χ3n) is 5.12. The number of hydrogen-bond donors (Lipinski definition) is 1. The Balaban J connectivity index is 1.84. The highest BCUT2D eigenvalue weighted by Crippen LogP contribution is 2.34. The summed E-state index contributed by atoms with van der Waals surface area (Å²) in [6.45, 7) is 3.68. The van der Waals surface area contributed by atoms with Gasteiger partial charge in [-0.3, -0.25) is 0 Å². The molecule has 0 unspecified atom stereocenters. The average Bonchev–Trinajstić information content (AvgIpc) is 2.74. The molecule has 3 rings (SSSR count). The number of hydrogen-bond acceptors (Lipinski definition) is 5. The van der Waals surface area contributed by atoms with Crippen LogP contribution in [0, 0.1) is 11.3 Å². The van der Waals surface area contributed by atoms with Crippen LogP contribution < -0.4 is 9.46 Å². The summed E-state index contributed by atoms with van der Waals surface area (Å²) in [4.78, 5) is 0.0581. The molecule has 1 saturated heterocycles. The van der Waals surface area contributed by atoms with E-state index < -0.39 is 10.0 Å². The molecule has 0 amide bonds. The van der Waals surface area contributed by atoms with E-state index >= 15 is 0 Å². The fourth-order valence-electron chi connectivity index (χ4n) is 3.48. The van der Waals surface area contributed by atoms with Gasteiger partial charge in [0.15, 0.2) is 0 Å². The first-order valence-electron chi connectivity index (χ1n) is 9.31. The van der Waals surface area contributed by atoms with E-state index in [1.807, 2.05) is 43.3 Å². The van der Waals surface area contributed by atoms with E-state index in [-0.39, 0.29) is 22.4 Å². The van der Waals surface area contributed by atoms with E-state index in [2.05, 4.69) is 4.72 Å². The minimum Gasteiger partial charge on any atom is -0.492 e. The molecule has 1 heterocycles. The summed E-state index contributed by atoms with van der Waals surface area (Å²) in [5.41, 5.74) is 0.995. The molecule has 148 valence electrons. The molecule has 0 aliphatic carbocycles. The van der Waals surface area contributed by atoms with Gasteiger partial charge in [0.1, 0.15) is 11.8 Å². The van der Waals surface area contributed by atoms with Crippen LogP contribution in [0.15, 0.2) is 53.4 Å². The molecule has 28 heavy (non-hydrogen) atoms. The van der Waals surface area contributed by atoms with Crippen molar-refractivity contribution in [3.8, 4) is 11.8 Å². The first-order valence-corrected chi connectivity index (χ1v) is 10.8. The summed E-state index contributed by atoms with van der Waals surface area (Å²) < 4.78 is 39.4. The fourth-order valence-corrected chi connectivity index (χ4v) is 4.64. The van der Waals surface area contributed by atoms with Crippen LogP contribution in [0.5, 0.6) is 5.75 Å². The van der Waals surface area contributed by atoms with Crippen molar-refractivity contribution in [2.45, 2.75) is 30.1 Å². The van der Waals surface area contributed by atoms with Gasteiger partial charge in [0.25, 0.3) is 0 Å². The van der Waals surface area contributed by atoms with E-state index in [9.17, 15) is 13.7 Å². The first-order chi connectivity index (χ1) is 13.5. The Morgan fingerprint density at radius 1 is 1.18 bits per heavy atom. The van der Waals surface area contributed by atoms with Crippen LogP contribution in [0.4, 0.5) is 0 Å². The Morgan fingerprint density at radius 3 is 2.54 bits per heavy atom. The van der Waals surface area contributed by atoms with Gasteiger partial charge in [-0.15, -0.1) is 0 Å². The number of ether oxygens (including phenoxy) is 2. The smallest absolute Gasteiger partial charge is 0.240 e. The molecular weight excluding hydrogens is 376 g/mol. The highest BCUT2D eigenvalue weighted by Gasteiger charge is 2.35. The van der Waals surface area contributed by atoms with Crippen LogP contribution in [0.2, 0.25) is 0 Å². The maximum atomic E-state index is 12.9. The highest BCUT2D eigenvalue weighted by molar-refractivity contribution is 7.89. The van der Waals surface area contributed by atoms with Crippen molar-refractivity contribution in [2.24, 2.45) is 0 Å². The van der Waals surface area contributed by atoms with Gasteiger partial charge >= 0.3 is 0 Å². The molecule has 0 radical (unpaired) electrons. The average molecular weight is 401 g/mol. The normalized spacial score (nSPS) is 16.3. The molecule has 0 bridgehead atoms. The third kappa shape index (κ3) is 4.36. The van der Waals surface area contributed by atoms with Crippen LogP contribution in [0.25, 0.3) is 0 Å².